The van der Waals surface area contributed by atoms with Crippen molar-refractivity contribution in [3.8, 4) is 10.7 Å². The number of rotatable bonds is 5. The first-order valence-corrected chi connectivity index (χ1v) is 8.39. The number of carbonyl (C=O) groups is 1. The van der Waals surface area contributed by atoms with Crippen molar-refractivity contribution in [2.75, 3.05) is 7.11 Å². The molecule has 5 nitrogen and oxygen atoms in total. The number of aromatic nitrogens is 3. The predicted octanol–water partition coefficient (Wildman–Crippen LogP) is 3.61. The highest BCUT2D eigenvalue weighted by molar-refractivity contribution is 7.98. The lowest BCUT2D eigenvalue weighted by Crippen LogP contribution is -2.00. The molecular weight excluding hydrogens is 318 g/mol. The van der Waals surface area contributed by atoms with E-state index in [1.807, 2.05) is 29.6 Å². The van der Waals surface area contributed by atoms with Gasteiger partial charge in [-0.15, -0.1) is 21.5 Å². The molecule has 0 aliphatic carbocycles. The number of hydrogen-bond donors (Lipinski definition) is 1. The number of benzene rings is 1. The monoisotopic (exact) mass is 331 g/mol. The SMILES string of the molecule is COC(=O)c1ccc(CSc2nnc(-c3cccs3)[nH]2)cc1. The summed E-state index contributed by atoms with van der Waals surface area (Å²) in [5.74, 6) is 1.22. The van der Waals surface area contributed by atoms with Gasteiger partial charge in [0.15, 0.2) is 11.0 Å². The van der Waals surface area contributed by atoms with Crippen LogP contribution >= 0.6 is 23.1 Å². The molecule has 0 unspecified atom stereocenters. The molecule has 0 aliphatic rings. The molecule has 2 aromatic heterocycles. The normalized spacial score (nSPS) is 10.6. The Morgan fingerprint density at radius 3 is 2.77 bits per heavy atom. The Bertz CT molecular complexity index is 751. The van der Waals surface area contributed by atoms with E-state index in [1.54, 1.807) is 35.2 Å². The van der Waals surface area contributed by atoms with Gasteiger partial charge >= 0.3 is 5.97 Å². The summed E-state index contributed by atoms with van der Waals surface area (Å²) in [5.41, 5.74) is 1.66. The van der Waals surface area contributed by atoms with Crippen molar-refractivity contribution in [1.82, 2.24) is 15.2 Å². The number of ether oxygens (including phenoxy) is 1. The summed E-state index contributed by atoms with van der Waals surface area (Å²) in [5, 5.41) is 11.1. The summed E-state index contributed by atoms with van der Waals surface area (Å²) in [4.78, 5) is 15.6. The number of nitrogens with one attached hydrogen (secondary N) is 1. The van der Waals surface area contributed by atoms with E-state index < -0.39 is 0 Å². The second kappa shape index (κ2) is 6.76. The Morgan fingerprint density at radius 2 is 2.09 bits per heavy atom. The molecule has 112 valence electrons. The zero-order valence-electron chi connectivity index (χ0n) is 11.8. The van der Waals surface area contributed by atoms with Gasteiger partial charge in [-0.2, -0.15) is 0 Å². The van der Waals surface area contributed by atoms with E-state index >= 15 is 0 Å². The number of H-pyrrole nitrogens is 1. The fourth-order valence-corrected chi connectivity index (χ4v) is 3.27. The van der Waals surface area contributed by atoms with E-state index in [-0.39, 0.29) is 5.97 Å². The smallest absolute Gasteiger partial charge is 0.337 e. The fraction of sp³-hybridized carbons (Fsp3) is 0.133. The fourth-order valence-electron chi connectivity index (χ4n) is 1.84. The maximum Gasteiger partial charge on any atom is 0.337 e. The van der Waals surface area contributed by atoms with Crippen LogP contribution in [0.1, 0.15) is 15.9 Å². The van der Waals surface area contributed by atoms with Crippen molar-refractivity contribution in [2.45, 2.75) is 10.9 Å². The quantitative estimate of drug-likeness (QED) is 0.571. The van der Waals surface area contributed by atoms with Gasteiger partial charge in [0.25, 0.3) is 0 Å². The molecule has 0 aliphatic heterocycles. The molecule has 2 heterocycles. The first-order valence-electron chi connectivity index (χ1n) is 6.53. The van der Waals surface area contributed by atoms with Gasteiger partial charge in [-0.25, -0.2) is 4.79 Å². The van der Waals surface area contributed by atoms with Crippen LogP contribution in [-0.4, -0.2) is 28.3 Å². The van der Waals surface area contributed by atoms with Crippen LogP contribution < -0.4 is 0 Å². The number of hydrogen-bond acceptors (Lipinski definition) is 6. The minimum absolute atomic E-state index is 0.324. The van der Waals surface area contributed by atoms with Gasteiger partial charge in [0.1, 0.15) is 0 Å². The molecule has 0 amide bonds. The molecule has 1 aromatic carbocycles. The third-order valence-electron chi connectivity index (χ3n) is 2.97. The largest absolute Gasteiger partial charge is 0.465 e. The molecular formula is C15H13N3O2S2. The molecule has 1 N–H and O–H groups in total. The lowest BCUT2D eigenvalue weighted by molar-refractivity contribution is 0.0600. The minimum Gasteiger partial charge on any atom is -0.465 e. The number of carbonyl (C=O) groups excluding carboxylic acids is 1. The van der Waals surface area contributed by atoms with Crippen LogP contribution in [0.4, 0.5) is 0 Å². The number of esters is 1. The summed E-state index contributed by atoms with van der Waals surface area (Å²) in [6.07, 6.45) is 0. The van der Waals surface area contributed by atoms with Crippen LogP contribution in [0, 0.1) is 0 Å². The van der Waals surface area contributed by atoms with Gasteiger partial charge in [-0.3, -0.25) is 0 Å². The van der Waals surface area contributed by atoms with Gasteiger partial charge in [0.05, 0.1) is 17.6 Å². The molecule has 0 saturated carbocycles. The van der Waals surface area contributed by atoms with E-state index in [9.17, 15) is 4.79 Å². The number of thiophene rings is 1. The number of methoxy groups -OCH3 is 1. The van der Waals surface area contributed by atoms with E-state index in [0.29, 0.717) is 5.56 Å². The maximum atomic E-state index is 11.4. The molecule has 0 radical (unpaired) electrons. The molecule has 0 atom stereocenters. The average molecular weight is 331 g/mol. The standard InChI is InChI=1S/C15H13N3O2S2/c1-20-14(19)11-6-4-10(5-7-11)9-22-15-16-13(17-18-15)12-3-2-8-21-12/h2-8H,9H2,1H3,(H,16,17,18). The first kappa shape index (κ1) is 14.8. The van der Waals surface area contributed by atoms with Gasteiger partial charge in [-0.1, -0.05) is 30.0 Å². The molecule has 0 spiro atoms. The molecule has 3 aromatic rings. The topological polar surface area (TPSA) is 67.9 Å². The van der Waals surface area contributed by atoms with Crippen molar-refractivity contribution >= 4 is 29.1 Å². The highest BCUT2D eigenvalue weighted by atomic mass is 32.2. The van der Waals surface area contributed by atoms with Crippen LogP contribution in [-0.2, 0) is 10.5 Å². The van der Waals surface area contributed by atoms with E-state index in [2.05, 4.69) is 19.9 Å². The second-order valence-electron chi connectivity index (χ2n) is 4.43. The van der Waals surface area contributed by atoms with Crippen LogP contribution in [0.25, 0.3) is 10.7 Å². The van der Waals surface area contributed by atoms with E-state index in [1.165, 1.54) is 7.11 Å². The molecule has 22 heavy (non-hydrogen) atoms. The number of aromatic amines is 1. The van der Waals surface area contributed by atoms with Crippen molar-refractivity contribution in [3.63, 3.8) is 0 Å². The summed E-state index contributed by atoms with van der Waals surface area (Å²) >= 11 is 3.19. The van der Waals surface area contributed by atoms with Crippen molar-refractivity contribution in [2.24, 2.45) is 0 Å². The molecule has 0 fully saturated rings. The van der Waals surface area contributed by atoms with Crippen LogP contribution in [0.15, 0.2) is 46.9 Å². The molecule has 0 bridgehead atoms. The van der Waals surface area contributed by atoms with E-state index in [0.717, 1.165) is 27.2 Å². The molecule has 7 heteroatoms. The Kier molecular flexibility index (Phi) is 4.55. The zero-order chi connectivity index (χ0) is 15.4. The van der Waals surface area contributed by atoms with Gasteiger partial charge in [0, 0.05) is 5.75 Å². The minimum atomic E-state index is -0.324. The summed E-state index contributed by atoms with van der Waals surface area (Å²) in [7, 11) is 1.38. The second-order valence-corrected chi connectivity index (χ2v) is 6.34. The highest BCUT2D eigenvalue weighted by Gasteiger charge is 2.08. The Balaban J connectivity index is 1.62. The van der Waals surface area contributed by atoms with Crippen LogP contribution in [0.2, 0.25) is 0 Å². The zero-order valence-corrected chi connectivity index (χ0v) is 13.4. The van der Waals surface area contributed by atoms with Crippen LogP contribution in [0.3, 0.4) is 0 Å². The maximum absolute atomic E-state index is 11.4. The molecule has 0 saturated heterocycles. The van der Waals surface area contributed by atoms with Crippen molar-refractivity contribution in [3.05, 3.63) is 52.9 Å². The lowest BCUT2D eigenvalue weighted by Gasteiger charge is -2.01. The number of thioether (sulfide) groups is 1. The van der Waals surface area contributed by atoms with Crippen molar-refractivity contribution in [1.29, 1.82) is 0 Å². The first-order chi connectivity index (χ1) is 10.8. The van der Waals surface area contributed by atoms with Crippen molar-refractivity contribution < 1.29 is 9.53 Å². The molecule has 3 rings (SSSR count). The predicted molar refractivity (Wildman–Crippen MR) is 87.0 cm³/mol. The highest BCUT2D eigenvalue weighted by Crippen LogP contribution is 2.25. The summed E-state index contributed by atoms with van der Waals surface area (Å²) < 4.78 is 4.68. The van der Waals surface area contributed by atoms with Gasteiger partial charge < -0.3 is 9.72 Å². The van der Waals surface area contributed by atoms with Gasteiger partial charge in [-0.05, 0) is 29.1 Å². The van der Waals surface area contributed by atoms with Gasteiger partial charge in [0.2, 0.25) is 0 Å². The van der Waals surface area contributed by atoms with Crippen LogP contribution in [0.5, 0.6) is 0 Å². The third-order valence-corrected chi connectivity index (χ3v) is 4.78. The number of nitrogens with zero attached hydrogens (tertiary/aromatic N) is 2. The lowest BCUT2D eigenvalue weighted by atomic mass is 10.1. The Hall–Kier alpha value is -2.12. The summed E-state index contributed by atoms with van der Waals surface area (Å²) in [6.45, 7) is 0. The average Bonchev–Trinajstić information content (AvgIpc) is 3.23. The Morgan fingerprint density at radius 1 is 1.27 bits per heavy atom. The summed E-state index contributed by atoms with van der Waals surface area (Å²) in [6, 6.07) is 11.3. The Labute approximate surface area is 135 Å². The van der Waals surface area contributed by atoms with E-state index in [4.69, 9.17) is 0 Å². The third kappa shape index (κ3) is 3.37.